The minimum Gasteiger partial charge on any atom is -0.506 e. The van der Waals surface area contributed by atoms with Gasteiger partial charge in [-0.15, -0.1) is 0 Å². The van der Waals surface area contributed by atoms with Crippen LogP contribution in [0.1, 0.15) is 50.7 Å². The summed E-state index contributed by atoms with van der Waals surface area (Å²) < 4.78 is 5.49. The van der Waals surface area contributed by atoms with Gasteiger partial charge < -0.3 is 14.4 Å². The van der Waals surface area contributed by atoms with Crippen LogP contribution < -0.4 is 10.5 Å². The molecule has 0 saturated carbocycles. The number of hydrogen-bond acceptors (Lipinski definition) is 3. The van der Waals surface area contributed by atoms with E-state index in [0.29, 0.717) is 28.8 Å². The third-order valence-electron chi connectivity index (χ3n) is 5.30. The summed E-state index contributed by atoms with van der Waals surface area (Å²) in [5.74, 6) is 0.0495. The highest BCUT2D eigenvalue weighted by Gasteiger charge is 2.28. The second-order valence-electron chi connectivity index (χ2n) is 6.69. The second-order valence-corrected chi connectivity index (χ2v) is 7.10. The number of hydrogen-bond donors (Lipinski definition) is 2. The minimum atomic E-state index is -0.372. The second kappa shape index (κ2) is 7.16. The van der Waals surface area contributed by atoms with Crippen molar-refractivity contribution < 1.29 is 14.4 Å². The summed E-state index contributed by atoms with van der Waals surface area (Å²) in [7, 11) is 0. The van der Waals surface area contributed by atoms with Gasteiger partial charge in [-0.05, 0) is 43.7 Å². The average molecular weight is 351 g/mol. The van der Waals surface area contributed by atoms with Gasteiger partial charge in [0, 0.05) is 11.5 Å². The Morgan fingerprint density at radius 2 is 2.12 bits per heavy atom. The number of likely N-dealkylation sites (tertiary alicyclic amines) is 1. The number of aromatic hydroxyl groups is 1. The first-order valence-corrected chi connectivity index (χ1v) is 9.24. The first-order valence-electron chi connectivity index (χ1n) is 8.86. The predicted molar refractivity (Wildman–Crippen MR) is 96.0 cm³/mol. The highest BCUT2D eigenvalue weighted by Crippen LogP contribution is 2.35. The van der Waals surface area contributed by atoms with Crippen LogP contribution in [0.15, 0.2) is 21.3 Å². The van der Waals surface area contributed by atoms with E-state index in [9.17, 15) is 9.90 Å². The number of phenols is 1. The molecule has 0 amide bonds. The normalized spacial score (nSPS) is 21.3. The van der Waals surface area contributed by atoms with Crippen LogP contribution in [-0.2, 0) is 13.0 Å². The van der Waals surface area contributed by atoms with Crippen LogP contribution in [0.2, 0.25) is 5.02 Å². The zero-order valence-corrected chi connectivity index (χ0v) is 15.1. The molecule has 1 fully saturated rings. The standard InChI is InChI=1S/C19H24ClNO3/c1-3-12-9-17(22)24-19-14(12)10-16(20)18(23)15(19)11-21-8-6-5-7-13(21)4-2/h9-10,13,23H,3-8,11H2,1-2H3/p+1/t13-/m0/s1. The van der Waals surface area contributed by atoms with Gasteiger partial charge in [0.05, 0.1) is 23.2 Å². The van der Waals surface area contributed by atoms with Crippen molar-refractivity contribution in [3.63, 3.8) is 0 Å². The summed E-state index contributed by atoms with van der Waals surface area (Å²) in [6, 6.07) is 3.80. The van der Waals surface area contributed by atoms with E-state index < -0.39 is 0 Å². The molecule has 2 aromatic rings. The van der Waals surface area contributed by atoms with E-state index in [1.807, 2.05) is 6.92 Å². The van der Waals surface area contributed by atoms with Crippen molar-refractivity contribution in [1.29, 1.82) is 0 Å². The van der Waals surface area contributed by atoms with Gasteiger partial charge in [-0.25, -0.2) is 4.79 Å². The molecule has 2 atom stereocenters. The smallest absolute Gasteiger partial charge is 0.336 e. The maximum Gasteiger partial charge on any atom is 0.336 e. The number of rotatable bonds is 4. The molecule has 0 radical (unpaired) electrons. The van der Waals surface area contributed by atoms with Crippen LogP contribution in [-0.4, -0.2) is 17.7 Å². The fourth-order valence-corrected chi connectivity index (χ4v) is 4.16. The lowest BCUT2D eigenvalue weighted by atomic mass is 9.98. The summed E-state index contributed by atoms with van der Waals surface area (Å²) in [5, 5.41) is 11.7. The van der Waals surface area contributed by atoms with Crippen molar-refractivity contribution >= 4 is 22.6 Å². The van der Waals surface area contributed by atoms with E-state index in [1.54, 1.807) is 6.07 Å². The molecule has 1 unspecified atom stereocenters. The molecule has 1 saturated heterocycles. The molecule has 0 bridgehead atoms. The van der Waals surface area contributed by atoms with Crippen LogP contribution in [0.25, 0.3) is 11.0 Å². The Bertz CT molecular complexity index is 799. The van der Waals surface area contributed by atoms with Gasteiger partial charge in [0.1, 0.15) is 12.3 Å². The maximum absolute atomic E-state index is 11.9. The lowest BCUT2D eigenvalue weighted by Gasteiger charge is -2.32. The first kappa shape index (κ1) is 17.3. The number of fused-ring (bicyclic) bond motifs is 1. The number of phenolic OH excluding ortho intramolecular Hbond substituents is 1. The number of quaternary nitrogens is 1. The van der Waals surface area contributed by atoms with Crippen LogP contribution in [0.5, 0.6) is 5.75 Å². The van der Waals surface area contributed by atoms with Crippen molar-refractivity contribution in [2.75, 3.05) is 6.54 Å². The van der Waals surface area contributed by atoms with E-state index in [4.69, 9.17) is 16.0 Å². The molecular formula is C19H25ClNO3+. The van der Waals surface area contributed by atoms with Gasteiger partial charge in [-0.1, -0.05) is 25.4 Å². The molecule has 0 aliphatic carbocycles. The van der Waals surface area contributed by atoms with Gasteiger partial charge in [0.2, 0.25) is 0 Å². The zero-order chi connectivity index (χ0) is 17.3. The fraction of sp³-hybridized carbons (Fsp3) is 0.526. The fourth-order valence-electron chi connectivity index (χ4n) is 3.94. The van der Waals surface area contributed by atoms with E-state index in [1.165, 1.54) is 30.2 Å². The van der Waals surface area contributed by atoms with Crippen LogP contribution in [0, 0.1) is 0 Å². The molecular weight excluding hydrogens is 326 g/mol. The van der Waals surface area contributed by atoms with Crippen molar-refractivity contribution in [2.24, 2.45) is 0 Å². The van der Waals surface area contributed by atoms with Crippen LogP contribution in [0.3, 0.4) is 0 Å². The lowest BCUT2D eigenvalue weighted by Crippen LogP contribution is -3.15. The molecule has 1 aromatic heterocycles. The topological polar surface area (TPSA) is 54.9 Å². The largest absolute Gasteiger partial charge is 0.506 e. The van der Waals surface area contributed by atoms with Gasteiger partial charge >= 0.3 is 5.63 Å². The molecule has 2 N–H and O–H groups in total. The van der Waals surface area contributed by atoms with Crippen LogP contribution >= 0.6 is 11.6 Å². The predicted octanol–water partition coefficient (Wildman–Crippen LogP) is 3.06. The number of piperidine rings is 1. The molecule has 4 nitrogen and oxygen atoms in total. The molecule has 3 rings (SSSR count). The average Bonchev–Trinajstić information content (AvgIpc) is 2.59. The van der Waals surface area contributed by atoms with Gasteiger partial charge in [-0.3, -0.25) is 0 Å². The third-order valence-corrected chi connectivity index (χ3v) is 5.59. The summed E-state index contributed by atoms with van der Waals surface area (Å²) in [4.78, 5) is 13.4. The highest BCUT2D eigenvalue weighted by molar-refractivity contribution is 6.33. The first-order chi connectivity index (χ1) is 11.5. The highest BCUT2D eigenvalue weighted by atomic mass is 35.5. The Morgan fingerprint density at radius 1 is 1.33 bits per heavy atom. The Labute approximate surface area is 147 Å². The van der Waals surface area contributed by atoms with Gasteiger partial charge in [0.15, 0.2) is 5.58 Å². The number of benzene rings is 1. The van der Waals surface area contributed by atoms with Gasteiger partial charge in [0.25, 0.3) is 0 Å². The van der Waals surface area contributed by atoms with Gasteiger partial charge in [-0.2, -0.15) is 0 Å². The van der Waals surface area contributed by atoms with Crippen molar-refractivity contribution in [2.45, 2.75) is 58.5 Å². The van der Waals surface area contributed by atoms with Crippen molar-refractivity contribution in [1.82, 2.24) is 0 Å². The SMILES string of the molecule is CCc1cc(=O)oc2c(C[NH+]3CCCC[C@@H]3CC)c(O)c(Cl)cc12. The third kappa shape index (κ3) is 3.17. The van der Waals surface area contributed by atoms with E-state index in [0.717, 1.165) is 30.3 Å². The Kier molecular flexibility index (Phi) is 5.16. The molecule has 130 valence electrons. The molecule has 0 spiro atoms. The monoisotopic (exact) mass is 350 g/mol. The Balaban J connectivity index is 2.13. The summed E-state index contributed by atoms with van der Waals surface area (Å²) in [6.45, 7) is 5.92. The molecule has 1 aliphatic rings. The zero-order valence-electron chi connectivity index (χ0n) is 14.3. The molecule has 1 aromatic carbocycles. The molecule has 5 heteroatoms. The number of aryl methyl sites for hydroxylation is 1. The summed E-state index contributed by atoms with van der Waals surface area (Å²) in [6.07, 6.45) is 5.49. The summed E-state index contributed by atoms with van der Waals surface area (Å²) >= 11 is 6.27. The van der Waals surface area contributed by atoms with E-state index in [2.05, 4.69) is 6.92 Å². The van der Waals surface area contributed by atoms with E-state index >= 15 is 0 Å². The van der Waals surface area contributed by atoms with Crippen LogP contribution in [0.4, 0.5) is 0 Å². The van der Waals surface area contributed by atoms with Crippen molar-refractivity contribution in [3.8, 4) is 5.75 Å². The number of nitrogens with one attached hydrogen (secondary N) is 1. The van der Waals surface area contributed by atoms with E-state index in [-0.39, 0.29) is 11.4 Å². The Morgan fingerprint density at radius 3 is 2.83 bits per heavy atom. The molecule has 24 heavy (non-hydrogen) atoms. The molecule has 1 aliphatic heterocycles. The van der Waals surface area contributed by atoms with Crippen molar-refractivity contribution in [3.05, 3.63) is 38.7 Å². The summed E-state index contributed by atoms with van der Waals surface area (Å²) in [5.41, 5.74) is 1.70. The Hall–Kier alpha value is -1.52. The number of halogens is 1. The minimum absolute atomic E-state index is 0.0495. The lowest BCUT2D eigenvalue weighted by molar-refractivity contribution is -0.944. The quantitative estimate of drug-likeness (QED) is 0.833. The molecule has 2 heterocycles. The maximum atomic E-state index is 11.9.